The second-order valence-electron chi connectivity index (χ2n) is 5.42. The van der Waals surface area contributed by atoms with Crippen LogP contribution in [-0.4, -0.2) is 15.0 Å². The summed E-state index contributed by atoms with van der Waals surface area (Å²) in [6.45, 7) is 0. The number of pyridine rings is 3. The van der Waals surface area contributed by atoms with Crippen molar-refractivity contribution in [1.82, 2.24) is 15.0 Å². The zero-order chi connectivity index (χ0) is 15.2. The van der Waals surface area contributed by atoms with Gasteiger partial charge in [0.1, 0.15) is 5.58 Å². The van der Waals surface area contributed by atoms with Gasteiger partial charge in [0.05, 0.1) is 17.4 Å². The van der Waals surface area contributed by atoms with Crippen molar-refractivity contribution < 1.29 is 4.42 Å². The topological polar surface area (TPSA) is 51.8 Å². The maximum absolute atomic E-state index is 5.90. The van der Waals surface area contributed by atoms with Crippen molar-refractivity contribution in [3.8, 4) is 11.3 Å². The summed E-state index contributed by atoms with van der Waals surface area (Å²) < 4.78 is 5.90. The molecule has 0 fully saturated rings. The minimum absolute atomic E-state index is 0.775. The van der Waals surface area contributed by atoms with Crippen LogP contribution in [0.1, 0.15) is 0 Å². The van der Waals surface area contributed by atoms with E-state index in [1.165, 1.54) is 0 Å². The summed E-state index contributed by atoms with van der Waals surface area (Å²) >= 11 is 0. The first-order chi connectivity index (χ1) is 11.4. The summed E-state index contributed by atoms with van der Waals surface area (Å²) in [5.74, 6) is 0. The number of hydrogen-bond acceptors (Lipinski definition) is 4. The summed E-state index contributed by atoms with van der Waals surface area (Å²) in [5.41, 5.74) is 4.39. The average molecular weight is 297 g/mol. The van der Waals surface area contributed by atoms with Gasteiger partial charge < -0.3 is 4.42 Å². The van der Waals surface area contributed by atoms with Gasteiger partial charge in [-0.1, -0.05) is 24.3 Å². The number of nitrogens with zero attached hydrogens (tertiary/aromatic N) is 3. The minimum Gasteiger partial charge on any atom is -0.454 e. The van der Waals surface area contributed by atoms with E-state index in [-0.39, 0.29) is 0 Å². The van der Waals surface area contributed by atoms with Crippen LogP contribution < -0.4 is 0 Å². The molecule has 4 heteroatoms. The molecule has 4 aromatic heterocycles. The largest absolute Gasteiger partial charge is 0.454 e. The van der Waals surface area contributed by atoms with Crippen LogP contribution in [0, 0.1) is 0 Å². The highest BCUT2D eigenvalue weighted by Gasteiger charge is 2.11. The maximum Gasteiger partial charge on any atom is 0.153 e. The Kier molecular flexibility index (Phi) is 2.46. The normalized spacial score (nSPS) is 11.5. The van der Waals surface area contributed by atoms with Crippen LogP contribution in [0.3, 0.4) is 0 Å². The van der Waals surface area contributed by atoms with Gasteiger partial charge >= 0.3 is 0 Å². The summed E-state index contributed by atoms with van der Waals surface area (Å²) in [7, 11) is 0. The molecule has 4 heterocycles. The summed E-state index contributed by atoms with van der Waals surface area (Å²) in [5, 5.41) is 3.13. The van der Waals surface area contributed by atoms with Crippen molar-refractivity contribution >= 4 is 32.8 Å². The van der Waals surface area contributed by atoms with Crippen LogP contribution >= 0.6 is 0 Å². The summed E-state index contributed by atoms with van der Waals surface area (Å²) in [4.78, 5) is 13.2. The van der Waals surface area contributed by atoms with E-state index in [1.54, 1.807) is 18.6 Å². The molecule has 1 aromatic carbocycles. The van der Waals surface area contributed by atoms with Gasteiger partial charge in [-0.05, 0) is 12.1 Å². The van der Waals surface area contributed by atoms with Crippen molar-refractivity contribution in [3.05, 3.63) is 67.3 Å². The number of furan rings is 1. The van der Waals surface area contributed by atoms with E-state index in [2.05, 4.69) is 27.1 Å². The van der Waals surface area contributed by atoms with Crippen LogP contribution in [0.25, 0.3) is 44.1 Å². The van der Waals surface area contributed by atoms with Gasteiger partial charge in [0.15, 0.2) is 5.58 Å². The van der Waals surface area contributed by atoms with Gasteiger partial charge in [-0.3, -0.25) is 15.0 Å². The zero-order valence-electron chi connectivity index (χ0n) is 12.1. The molecule has 5 aromatic rings. The van der Waals surface area contributed by atoms with Crippen LogP contribution in [0.2, 0.25) is 0 Å². The van der Waals surface area contributed by atoms with E-state index in [4.69, 9.17) is 4.42 Å². The molecule has 0 saturated heterocycles. The molecule has 5 rings (SSSR count). The Morgan fingerprint density at radius 1 is 0.783 bits per heavy atom. The van der Waals surface area contributed by atoms with Gasteiger partial charge in [0.25, 0.3) is 0 Å². The molecule has 0 bridgehead atoms. The fourth-order valence-corrected chi connectivity index (χ4v) is 2.98. The quantitative estimate of drug-likeness (QED) is 0.454. The lowest BCUT2D eigenvalue weighted by Crippen LogP contribution is -1.87. The Morgan fingerprint density at radius 2 is 1.74 bits per heavy atom. The van der Waals surface area contributed by atoms with Crippen molar-refractivity contribution in [3.63, 3.8) is 0 Å². The molecule has 0 amide bonds. The van der Waals surface area contributed by atoms with Gasteiger partial charge in [-0.15, -0.1) is 0 Å². The number of benzene rings is 1. The molecule has 0 N–H and O–H groups in total. The third kappa shape index (κ3) is 1.82. The minimum atomic E-state index is 0.775. The van der Waals surface area contributed by atoms with Crippen LogP contribution in [0.4, 0.5) is 0 Å². The molecule has 0 aliphatic heterocycles. The molecule has 0 spiro atoms. The number of rotatable bonds is 1. The fourth-order valence-electron chi connectivity index (χ4n) is 2.98. The average Bonchev–Trinajstić information content (AvgIpc) is 2.99. The van der Waals surface area contributed by atoms with E-state index in [0.29, 0.717) is 0 Å². The van der Waals surface area contributed by atoms with Crippen LogP contribution in [0.5, 0.6) is 0 Å². The van der Waals surface area contributed by atoms with Gasteiger partial charge in [-0.25, -0.2) is 0 Å². The molecule has 0 aliphatic carbocycles. The second-order valence-corrected chi connectivity index (χ2v) is 5.42. The molecule has 0 aliphatic rings. The SMILES string of the molecule is c1cnc2c(-c3cc4oc5cnccc5c4cn3)cccc2c1. The molecular weight excluding hydrogens is 286 g/mol. The van der Waals surface area contributed by atoms with E-state index in [1.807, 2.05) is 36.5 Å². The predicted molar refractivity (Wildman–Crippen MR) is 90.0 cm³/mol. The Morgan fingerprint density at radius 3 is 2.74 bits per heavy atom. The number of aromatic nitrogens is 3. The molecular formula is C19H11N3O. The molecule has 0 unspecified atom stereocenters. The first-order valence-electron chi connectivity index (χ1n) is 7.36. The number of fused-ring (bicyclic) bond motifs is 4. The maximum atomic E-state index is 5.90. The number of para-hydroxylation sites is 1. The van der Waals surface area contributed by atoms with Crippen molar-refractivity contribution in [2.75, 3.05) is 0 Å². The fraction of sp³-hybridized carbons (Fsp3) is 0. The lowest BCUT2D eigenvalue weighted by Gasteiger charge is -2.04. The van der Waals surface area contributed by atoms with E-state index < -0.39 is 0 Å². The Bertz CT molecular complexity index is 1170. The van der Waals surface area contributed by atoms with Gasteiger partial charge in [-0.2, -0.15) is 0 Å². The van der Waals surface area contributed by atoms with Crippen molar-refractivity contribution in [2.24, 2.45) is 0 Å². The summed E-state index contributed by atoms with van der Waals surface area (Å²) in [6, 6.07) is 14.0. The first kappa shape index (κ1) is 12.3. The van der Waals surface area contributed by atoms with E-state index in [0.717, 1.165) is 44.1 Å². The highest BCUT2D eigenvalue weighted by Crippen LogP contribution is 2.32. The van der Waals surface area contributed by atoms with E-state index >= 15 is 0 Å². The molecule has 0 radical (unpaired) electrons. The number of hydrogen-bond donors (Lipinski definition) is 0. The molecule has 0 atom stereocenters. The zero-order valence-corrected chi connectivity index (χ0v) is 12.1. The molecule has 4 nitrogen and oxygen atoms in total. The highest BCUT2D eigenvalue weighted by molar-refractivity contribution is 6.05. The lowest BCUT2D eigenvalue weighted by atomic mass is 10.1. The van der Waals surface area contributed by atoms with E-state index in [9.17, 15) is 0 Å². The monoisotopic (exact) mass is 297 g/mol. The third-order valence-corrected chi connectivity index (χ3v) is 4.07. The van der Waals surface area contributed by atoms with Crippen molar-refractivity contribution in [1.29, 1.82) is 0 Å². The summed E-state index contributed by atoms with van der Waals surface area (Å²) in [6.07, 6.45) is 7.16. The molecule has 108 valence electrons. The standard InChI is InChI=1S/C19H11N3O/c1-3-12-4-2-7-21-19(12)14(5-1)16-9-17-15(10-22-16)13-6-8-20-11-18(13)23-17/h1-11H. The predicted octanol–water partition coefficient (Wildman–Crippen LogP) is 4.59. The molecule has 23 heavy (non-hydrogen) atoms. The Hall–Kier alpha value is -3.27. The lowest BCUT2D eigenvalue weighted by molar-refractivity contribution is 0.666. The van der Waals surface area contributed by atoms with Crippen LogP contribution in [-0.2, 0) is 0 Å². The second kappa shape index (κ2) is 4.61. The van der Waals surface area contributed by atoms with Gasteiger partial charge in [0.2, 0.25) is 0 Å². The van der Waals surface area contributed by atoms with Crippen LogP contribution in [0.15, 0.2) is 71.7 Å². The smallest absolute Gasteiger partial charge is 0.153 e. The Balaban J connectivity index is 1.81. The van der Waals surface area contributed by atoms with Gasteiger partial charge in [0, 0.05) is 46.4 Å². The van der Waals surface area contributed by atoms with Crippen molar-refractivity contribution in [2.45, 2.75) is 0 Å². The molecule has 0 saturated carbocycles. The first-order valence-corrected chi connectivity index (χ1v) is 7.36. The Labute approximate surface area is 131 Å². The highest BCUT2D eigenvalue weighted by atomic mass is 16.3. The third-order valence-electron chi connectivity index (χ3n) is 4.07.